The van der Waals surface area contributed by atoms with Gasteiger partial charge in [0.05, 0.1) is 5.69 Å². The molecule has 0 aliphatic carbocycles. The van der Waals surface area contributed by atoms with Crippen molar-refractivity contribution in [2.24, 2.45) is 0 Å². The van der Waals surface area contributed by atoms with E-state index in [0.29, 0.717) is 0 Å². The predicted octanol–water partition coefficient (Wildman–Crippen LogP) is 12.7. The van der Waals surface area contributed by atoms with Crippen LogP contribution in [0.15, 0.2) is 162 Å². The summed E-state index contributed by atoms with van der Waals surface area (Å²) in [5, 5.41) is 5.31. The van der Waals surface area contributed by atoms with Gasteiger partial charge in [0.25, 0.3) is 0 Å². The molecule has 0 bridgehead atoms. The maximum atomic E-state index is 6.79. The molecule has 0 N–H and O–H groups in total. The second-order valence-electron chi connectivity index (χ2n) is 19.0. The maximum absolute atomic E-state index is 6.79. The summed E-state index contributed by atoms with van der Waals surface area (Å²) in [5.41, 5.74) is 22.2. The molecule has 0 spiro atoms. The van der Waals surface area contributed by atoms with Gasteiger partial charge in [0.1, 0.15) is 19.2 Å². The number of furan rings is 1. The summed E-state index contributed by atoms with van der Waals surface area (Å²) in [5.74, 6) is 0. The minimum absolute atomic E-state index is 0.0313. The molecule has 4 heterocycles. The van der Waals surface area contributed by atoms with Crippen LogP contribution in [0.25, 0.3) is 55.3 Å². The standard InChI is InChI=1S/C56H47BN2OSi/c1-34-17-15-18-35(2)51(34)37-31-42-39-22-16-26-50-55(39)59(44-23-12-14-25-49(44)61(50,6)7)57-53(42)46(32-37)58(45-29-30-48-52(54(45)57)40-21-11-13-24-47(40)60-48)43-28-27-38(56(3,4)5)33-41(43)36-19-9-8-10-20-36/h8-33H,1-7H3. The Labute approximate surface area is 360 Å². The highest BCUT2D eigenvalue weighted by Crippen LogP contribution is 2.52. The molecule has 3 aliphatic rings. The number of benzene rings is 8. The number of fused-ring (bicyclic) bond motifs is 10. The lowest BCUT2D eigenvalue weighted by Crippen LogP contribution is -2.68. The normalized spacial score (nSPS) is 14.5. The molecule has 0 saturated carbocycles. The van der Waals surface area contributed by atoms with Crippen LogP contribution in [0.5, 0.6) is 0 Å². The van der Waals surface area contributed by atoms with Crippen molar-refractivity contribution < 1.29 is 4.42 Å². The Morgan fingerprint density at radius 1 is 0.525 bits per heavy atom. The van der Waals surface area contributed by atoms with Gasteiger partial charge in [-0.1, -0.05) is 143 Å². The van der Waals surface area contributed by atoms with Gasteiger partial charge in [-0.15, -0.1) is 0 Å². The van der Waals surface area contributed by atoms with E-state index < -0.39 is 8.07 Å². The Morgan fingerprint density at radius 3 is 2.03 bits per heavy atom. The summed E-state index contributed by atoms with van der Waals surface area (Å²) in [4.78, 5) is 5.35. The minimum atomic E-state index is -2.12. The summed E-state index contributed by atoms with van der Waals surface area (Å²) in [6.07, 6.45) is 0. The van der Waals surface area contributed by atoms with Crippen LogP contribution >= 0.6 is 0 Å². The zero-order valence-electron chi connectivity index (χ0n) is 35.9. The van der Waals surface area contributed by atoms with E-state index in [0.717, 1.165) is 16.6 Å². The molecule has 3 nitrogen and oxygen atoms in total. The van der Waals surface area contributed by atoms with Gasteiger partial charge in [0, 0.05) is 44.6 Å². The Bertz CT molecular complexity index is 3300. The van der Waals surface area contributed by atoms with Crippen LogP contribution < -0.4 is 31.0 Å². The first-order chi connectivity index (χ1) is 29.5. The van der Waals surface area contributed by atoms with Gasteiger partial charge in [-0.3, -0.25) is 0 Å². The number of para-hydroxylation sites is 3. The predicted molar refractivity (Wildman–Crippen MR) is 263 cm³/mol. The van der Waals surface area contributed by atoms with Crippen molar-refractivity contribution in [3.63, 3.8) is 0 Å². The molecule has 0 atom stereocenters. The Hall–Kier alpha value is -6.56. The average molecular weight is 803 g/mol. The van der Waals surface area contributed by atoms with E-state index in [2.05, 4.69) is 215 Å². The molecule has 8 aromatic carbocycles. The van der Waals surface area contributed by atoms with Crippen LogP contribution in [0.3, 0.4) is 0 Å². The first kappa shape index (κ1) is 36.3. The van der Waals surface area contributed by atoms with Crippen LogP contribution in [-0.4, -0.2) is 14.9 Å². The van der Waals surface area contributed by atoms with Crippen molar-refractivity contribution in [3.8, 4) is 33.4 Å². The Morgan fingerprint density at radius 2 is 1.23 bits per heavy atom. The third-order valence-electron chi connectivity index (χ3n) is 14.0. The number of anilines is 5. The van der Waals surface area contributed by atoms with Crippen molar-refractivity contribution in [2.45, 2.75) is 53.1 Å². The lowest BCUT2D eigenvalue weighted by atomic mass is 9.42. The van der Waals surface area contributed by atoms with Crippen molar-refractivity contribution >= 4 is 86.6 Å². The van der Waals surface area contributed by atoms with E-state index in [-0.39, 0.29) is 12.3 Å². The highest BCUT2D eigenvalue weighted by Gasteiger charge is 2.51. The number of hydrogen-bond acceptors (Lipinski definition) is 3. The van der Waals surface area contributed by atoms with Gasteiger partial charge < -0.3 is 14.1 Å². The monoisotopic (exact) mass is 802 g/mol. The van der Waals surface area contributed by atoms with E-state index in [1.807, 2.05) is 0 Å². The second kappa shape index (κ2) is 12.7. The summed E-state index contributed by atoms with van der Waals surface area (Å²) < 4.78 is 6.79. The number of nitrogens with zero attached hydrogens (tertiary/aromatic N) is 2. The second-order valence-corrected chi connectivity index (χ2v) is 23.3. The van der Waals surface area contributed by atoms with E-state index >= 15 is 0 Å². The van der Waals surface area contributed by atoms with Gasteiger partial charge in [-0.05, 0) is 128 Å². The molecule has 5 heteroatoms. The molecular formula is C56H47BN2OSi. The first-order valence-corrected chi connectivity index (χ1v) is 24.7. The lowest BCUT2D eigenvalue weighted by molar-refractivity contribution is 0.590. The summed E-state index contributed by atoms with van der Waals surface area (Å²) in [6.45, 7) is 16.4. The molecule has 9 aromatic rings. The minimum Gasteiger partial charge on any atom is -0.456 e. The molecule has 0 amide bonds. The molecule has 1 aromatic heterocycles. The van der Waals surface area contributed by atoms with Crippen LogP contribution in [0.2, 0.25) is 13.1 Å². The molecule has 61 heavy (non-hydrogen) atoms. The van der Waals surface area contributed by atoms with E-state index in [9.17, 15) is 0 Å². The fraction of sp³-hybridized carbons (Fsp3) is 0.143. The van der Waals surface area contributed by atoms with E-state index in [1.54, 1.807) is 0 Å². The van der Waals surface area contributed by atoms with Crippen LogP contribution in [-0.2, 0) is 5.41 Å². The largest absolute Gasteiger partial charge is 0.456 e. The SMILES string of the molecule is Cc1cccc(C)c1-c1cc2c3c(c1)N(c1ccc(C(C)(C)C)cc1-c1ccccc1)c1ccc4oc5ccccc5c4c1B3N1c3ccccc3[Si](C)(C)c3cccc-2c31. The van der Waals surface area contributed by atoms with Crippen LogP contribution in [0.1, 0.15) is 37.5 Å². The highest BCUT2D eigenvalue weighted by molar-refractivity contribution is 7.05. The smallest absolute Gasteiger partial charge is 0.333 e. The van der Waals surface area contributed by atoms with Gasteiger partial charge in [-0.2, -0.15) is 0 Å². The van der Waals surface area contributed by atoms with Gasteiger partial charge >= 0.3 is 6.85 Å². The molecule has 0 saturated heterocycles. The van der Waals surface area contributed by atoms with Gasteiger partial charge in [0.15, 0.2) is 0 Å². The fourth-order valence-corrected chi connectivity index (χ4v) is 14.2. The lowest BCUT2D eigenvalue weighted by Gasteiger charge is -2.51. The van der Waals surface area contributed by atoms with Crippen molar-refractivity contribution in [1.29, 1.82) is 0 Å². The number of aryl methyl sites for hydroxylation is 2. The third-order valence-corrected chi connectivity index (χ3v) is 17.6. The average Bonchev–Trinajstić information content (AvgIpc) is 3.65. The van der Waals surface area contributed by atoms with Crippen LogP contribution in [0.4, 0.5) is 28.4 Å². The summed E-state index contributed by atoms with van der Waals surface area (Å²) in [6, 6.07) is 59.5. The van der Waals surface area contributed by atoms with E-state index in [1.165, 1.54) is 105 Å². The first-order valence-electron chi connectivity index (χ1n) is 21.7. The Kier molecular flexibility index (Phi) is 7.58. The van der Waals surface area contributed by atoms with E-state index in [4.69, 9.17) is 4.42 Å². The number of rotatable bonds is 3. The third kappa shape index (κ3) is 5.04. The molecule has 12 rings (SSSR count). The topological polar surface area (TPSA) is 19.6 Å². The van der Waals surface area contributed by atoms with Crippen LogP contribution in [0, 0.1) is 13.8 Å². The Balaban J connectivity index is 1.29. The molecule has 0 unspecified atom stereocenters. The molecule has 294 valence electrons. The molecular weight excluding hydrogens is 756 g/mol. The van der Waals surface area contributed by atoms with Crippen molar-refractivity contribution in [3.05, 3.63) is 174 Å². The molecule has 3 aliphatic heterocycles. The zero-order valence-corrected chi connectivity index (χ0v) is 36.9. The fourth-order valence-electron chi connectivity index (χ4n) is 11.2. The van der Waals surface area contributed by atoms with Crippen molar-refractivity contribution in [1.82, 2.24) is 0 Å². The quantitative estimate of drug-likeness (QED) is 0.166. The van der Waals surface area contributed by atoms with Gasteiger partial charge in [-0.25, -0.2) is 0 Å². The molecule has 0 radical (unpaired) electrons. The summed E-state index contributed by atoms with van der Waals surface area (Å²) in [7, 11) is -2.12. The summed E-state index contributed by atoms with van der Waals surface area (Å²) >= 11 is 0. The maximum Gasteiger partial charge on any atom is 0.333 e. The highest BCUT2D eigenvalue weighted by atomic mass is 28.3. The van der Waals surface area contributed by atoms with Crippen molar-refractivity contribution in [2.75, 3.05) is 9.71 Å². The number of hydrogen-bond donors (Lipinski definition) is 0. The zero-order chi connectivity index (χ0) is 41.5. The molecule has 0 fully saturated rings. The van der Waals surface area contributed by atoms with Gasteiger partial charge in [0.2, 0.25) is 0 Å².